The van der Waals surface area contributed by atoms with E-state index in [9.17, 15) is 0 Å². The molecule has 0 aliphatic carbocycles. The molecule has 6 heteroatoms. The Balaban J connectivity index is 1.99. The van der Waals surface area contributed by atoms with E-state index in [1.165, 1.54) is 0 Å². The van der Waals surface area contributed by atoms with Crippen molar-refractivity contribution in [1.82, 2.24) is 10.2 Å². The second-order valence-corrected chi connectivity index (χ2v) is 3.84. The number of aromatic nitrogens is 2. The highest BCUT2D eigenvalue weighted by Gasteiger charge is 1.97. The van der Waals surface area contributed by atoms with Gasteiger partial charge in [-0.05, 0) is 6.92 Å². The summed E-state index contributed by atoms with van der Waals surface area (Å²) >= 11 is 1.54. The summed E-state index contributed by atoms with van der Waals surface area (Å²) in [5.74, 6) is 0. The number of ether oxygens (including phenoxy) is 2. The number of hydrogen-bond acceptors (Lipinski definition) is 6. The van der Waals surface area contributed by atoms with Gasteiger partial charge in [-0.2, -0.15) is 0 Å². The van der Waals surface area contributed by atoms with Crippen LogP contribution in [-0.2, 0) is 9.47 Å². The van der Waals surface area contributed by atoms with E-state index in [1.54, 1.807) is 18.4 Å². The molecule has 0 fully saturated rings. The van der Waals surface area contributed by atoms with Crippen molar-refractivity contribution < 1.29 is 9.47 Å². The highest BCUT2D eigenvalue weighted by atomic mass is 32.1. The number of rotatable bonds is 7. The lowest BCUT2D eigenvalue weighted by Crippen LogP contribution is -2.11. The van der Waals surface area contributed by atoms with Gasteiger partial charge in [-0.3, -0.25) is 0 Å². The Hall–Kier alpha value is -0.720. The molecule has 80 valence electrons. The summed E-state index contributed by atoms with van der Waals surface area (Å²) in [6.45, 7) is 4.60. The average Bonchev–Trinajstić information content (AvgIpc) is 2.58. The predicted octanol–water partition coefficient (Wildman–Crippen LogP) is 0.921. The zero-order valence-corrected chi connectivity index (χ0v) is 9.26. The van der Waals surface area contributed by atoms with Crippen molar-refractivity contribution in [2.45, 2.75) is 6.92 Å². The summed E-state index contributed by atoms with van der Waals surface area (Å²) in [6, 6.07) is 0. The molecule has 1 N–H and O–H groups in total. The predicted molar refractivity (Wildman–Crippen MR) is 55.8 cm³/mol. The van der Waals surface area contributed by atoms with E-state index in [2.05, 4.69) is 15.5 Å². The van der Waals surface area contributed by atoms with Crippen LogP contribution in [0.3, 0.4) is 0 Å². The molecule has 0 aliphatic heterocycles. The fourth-order valence-electron chi connectivity index (χ4n) is 0.842. The number of aryl methyl sites for hydroxylation is 1. The summed E-state index contributed by atoms with van der Waals surface area (Å²) in [5.41, 5.74) is 0. The van der Waals surface area contributed by atoms with E-state index in [-0.39, 0.29) is 0 Å². The third-order valence-electron chi connectivity index (χ3n) is 1.48. The van der Waals surface area contributed by atoms with Crippen LogP contribution >= 0.6 is 11.3 Å². The van der Waals surface area contributed by atoms with Crippen molar-refractivity contribution in [2.75, 3.05) is 38.8 Å². The molecular formula is C8H15N3O2S. The molecule has 0 unspecified atom stereocenters. The van der Waals surface area contributed by atoms with Gasteiger partial charge in [0, 0.05) is 13.7 Å². The summed E-state index contributed by atoms with van der Waals surface area (Å²) in [5, 5.41) is 12.7. The maximum absolute atomic E-state index is 5.27. The van der Waals surface area contributed by atoms with Gasteiger partial charge >= 0.3 is 0 Å². The van der Waals surface area contributed by atoms with E-state index in [4.69, 9.17) is 9.47 Å². The topological polar surface area (TPSA) is 56.3 Å². The van der Waals surface area contributed by atoms with Gasteiger partial charge < -0.3 is 14.8 Å². The Morgan fingerprint density at radius 1 is 1.29 bits per heavy atom. The van der Waals surface area contributed by atoms with Crippen molar-refractivity contribution in [2.24, 2.45) is 0 Å². The molecule has 0 bridgehead atoms. The second kappa shape index (κ2) is 6.69. The zero-order valence-electron chi connectivity index (χ0n) is 8.45. The Kier molecular flexibility index (Phi) is 5.43. The molecule has 1 heterocycles. The molecule has 0 aromatic carbocycles. The SMILES string of the molecule is COCCOCCNc1nnc(C)s1. The van der Waals surface area contributed by atoms with Crippen molar-refractivity contribution in [3.63, 3.8) is 0 Å². The lowest BCUT2D eigenvalue weighted by molar-refractivity contribution is 0.0759. The van der Waals surface area contributed by atoms with Crippen LogP contribution < -0.4 is 5.32 Å². The first-order chi connectivity index (χ1) is 6.83. The third-order valence-corrected chi connectivity index (χ3v) is 2.28. The molecule has 1 rings (SSSR count). The molecule has 0 saturated carbocycles. The third kappa shape index (κ3) is 4.50. The van der Waals surface area contributed by atoms with Crippen LogP contribution in [0.25, 0.3) is 0 Å². The molecule has 0 aliphatic rings. The quantitative estimate of drug-likeness (QED) is 0.688. The van der Waals surface area contributed by atoms with E-state index in [0.717, 1.165) is 16.7 Å². The number of nitrogens with zero attached hydrogens (tertiary/aromatic N) is 2. The molecule has 0 saturated heterocycles. The summed E-state index contributed by atoms with van der Waals surface area (Å²) in [7, 11) is 1.66. The standard InChI is InChI=1S/C8H15N3O2S/c1-7-10-11-8(14-7)9-3-4-13-6-5-12-2/h3-6H2,1-2H3,(H,9,11). The molecule has 0 amide bonds. The number of methoxy groups -OCH3 is 1. The fraction of sp³-hybridized carbons (Fsp3) is 0.750. The van der Waals surface area contributed by atoms with Gasteiger partial charge in [-0.25, -0.2) is 0 Å². The molecule has 1 aromatic heterocycles. The van der Waals surface area contributed by atoms with Crippen LogP contribution in [-0.4, -0.2) is 43.7 Å². The lowest BCUT2D eigenvalue weighted by Gasteiger charge is -2.03. The van der Waals surface area contributed by atoms with E-state index in [0.29, 0.717) is 19.8 Å². The second-order valence-electron chi connectivity index (χ2n) is 2.66. The largest absolute Gasteiger partial charge is 0.382 e. The summed E-state index contributed by atoms with van der Waals surface area (Å²) in [4.78, 5) is 0. The van der Waals surface area contributed by atoms with Gasteiger partial charge in [-0.1, -0.05) is 11.3 Å². The minimum Gasteiger partial charge on any atom is -0.382 e. The van der Waals surface area contributed by atoms with Crippen molar-refractivity contribution in [3.05, 3.63) is 5.01 Å². The molecule has 5 nitrogen and oxygen atoms in total. The van der Waals surface area contributed by atoms with Crippen molar-refractivity contribution in [3.8, 4) is 0 Å². The normalized spacial score (nSPS) is 10.4. The fourth-order valence-corrected chi connectivity index (χ4v) is 1.46. The van der Waals surface area contributed by atoms with E-state index in [1.807, 2.05) is 6.92 Å². The van der Waals surface area contributed by atoms with Crippen LogP contribution in [0.2, 0.25) is 0 Å². The monoisotopic (exact) mass is 217 g/mol. The Labute approximate surface area is 87.4 Å². The zero-order chi connectivity index (χ0) is 10.2. The molecular weight excluding hydrogens is 202 g/mol. The number of nitrogens with one attached hydrogen (secondary N) is 1. The Morgan fingerprint density at radius 2 is 2.14 bits per heavy atom. The summed E-state index contributed by atoms with van der Waals surface area (Å²) in [6.07, 6.45) is 0. The van der Waals surface area contributed by atoms with Crippen LogP contribution in [0.1, 0.15) is 5.01 Å². The van der Waals surface area contributed by atoms with Gasteiger partial charge in [-0.15, -0.1) is 10.2 Å². The first kappa shape index (κ1) is 11.4. The van der Waals surface area contributed by atoms with Gasteiger partial charge in [0.05, 0.1) is 19.8 Å². The maximum Gasteiger partial charge on any atom is 0.205 e. The minimum absolute atomic E-state index is 0.632. The number of anilines is 1. The minimum atomic E-state index is 0.632. The van der Waals surface area contributed by atoms with Crippen LogP contribution in [0, 0.1) is 6.92 Å². The molecule has 14 heavy (non-hydrogen) atoms. The van der Waals surface area contributed by atoms with Gasteiger partial charge in [0.25, 0.3) is 0 Å². The first-order valence-corrected chi connectivity index (χ1v) is 5.25. The first-order valence-electron chi connectivity index (χ1n) is 4.43. The highest BCUT2D eigenvalue weighted by Crippen LogP contribution is 2.12. The Morgan fingerprint density at radius 3 is 2.79 bits per heavy atom. The number of hydrogen-bond donors (Lipinski definition) is 1. The van der Waals surface area contributed by atoms with E-state index < -0.39 is 0 Å². The molecule has 0 atom stereocenters. The van der Waals surface area contributed by atoms with Gasteiger partial charge in [0.2, 0.25) is 5.13 Å². The van der Waals surface area contributed by atoms with Crippen molar-refractivity contribution >= 4 is 16.5 Å². The van der Waals surface area contributed by atoms with Crippen LogP contribution in [0.4, 0.5) is 5.13 Å². The molecule has 0 radical (unpaired) electrons. The van der Waals surface area contributed by atoms with Gasteiger partial charge in [0.15, 0.2) is 0 Å². The highest BCUT2D eigenvalue weighted by molar-refractivity contribution is 7.15. The smallest absolute Gasteiger partial charge is 0.205 e. The van der Waals surface area contributed by atoms with Crippen LogP contribution in [0.5, 0.6) is 0 Å². The lowest BCUT2D eigenvalue weighted by atomic mass is 10.7. The summed E-state index contributed by atoms with van der Waals surface area (Å²) < 4.78 is 10.1. The molecule has 1 aromatic rings. The molecule has 0 spiro atoms. The van der Waals surface area contributed by atoms with Crippen molar-refractivity contribution in [1.29, 1.82) is 0 Å². The van der Waals surface area contributed by atoms with E-state index >= 15 is 0 Å². The average molecular weight is 217 g/mol. The maximum atomic E-state index is 5.27. The van der Waals surface area contributed by atoms with Gasteiger partial charge in [0.1, 0.15) is 5.01 Å². The van der Waals surface area contributed by atoms with Crippen LogP contribution in [0.15, 0.2) is 0 Å². The Bertz CT molecular complexity index is 254.